The summed E-state index contributed by atoms with van der Waals surface area (Å²) < 4.78 is 0. The Morgan fingerprint density at radius 3 is 2.35 bits per heavy atom. The summed E-state index contributed by atoms with van der Waals surface area (Å²) in [7, 11) is 1.47. The van der Waals surface area contributed by atoms with Gasteiger partial charge in [-0.15, -0.1) is 0 Å². The first-order valence-corrected chi connectivity index (χ1v) is 6.82. The third-order valence-electron chi connectivity index (χ3n) is 3.07. The Hall–Kier alpha value is -1.79. The van der Waals surface area contributed by atoms with Crippen LogP contribution in [-0.4, -0.2) is 54.1 Å². The lowest BCUT2D eigenvalue weighted by molar-refractivity contribution is -0.139. The highest BCUT2D eigenvalue weighted by atomic mass is 16.4. The number of carboxylic acids is 1. The number of nitrogens with one attached hydrogen (secondary N) is 2. The molecule has 1 aliphatic rings. The highest BCUT2D eigenvalue weighted by molar-refractivity contribution is 5.86. The number of carbonyl (C=O) groups is 3. The summed E-state index contributed by atoms with van der Waals surface area (Å²) in [5.74, 6) is -0.933. The predicted molar refractivity (Wildman–Crippen MR) is 73.2 cm³/mol. The van der Waals surface area contributed by atoms with Crippen LogP contribution in [0.5, 0.6) is 0 Å². The summed E-state index contributed by atoms with van der Waals surface area (Å²) in [6.07, 6.45) is 1.63. The fourth-order valence-electron chi connectivity index (χ4n) is 1.72. The first-order valence-electron chi connectivity index (χ1n) is 6.82. The Labute approximate surface area is 118 Å². The van der Waals surface area contributed by atoms with E-state index in [4.69, 9.17) is 5.11 Å². The summed E-state index contributed by atoms with van der Waals surface area (Å²) in [6, 6.07) is -1.40. The van der Waals surface area contributed by atoms with Gasteiger partial charge in [-0.3, -0.25) is 4.79 Å². The maximum absolute atomic E-state index is 11.8. The van der Waals surface area contributed by atoms with Crippen molar-refractivity contribution in [2.45, 2.75) is 32.7 Å². The van der Waals surface area contributed by atoms with Gasteiger partial charge in [0, 0.05) is 13.6 Å². The van der Waals surface area contributed by atoms with Gasteiger partial charge in [0.05, 0.1) is 0 Å². The summed E-state index contributed by atoms with van der Waals surface area (Å²) in [5.41, 5.74) is 0. The van der Waals surface area contributed by atoms with Gasteiger partial charge in [0.15, 0.2) is 0 Å². The predicted octanol–water partition coefficient (Wildman–Crippen LogP) is 0.263. The van der Waals surface area contributed by atoms with Crippen molar-refractivity contribution in [1.82, 2.24) is 15.5 Å². The van der Waals surface area contributed by atoms with Crippen LogP contribution >= 0.6 is 0 Å². The molecule has 20 heavy (non-hydrogen) atoms. The van der Waals surface area contributed by atoms with Crippen molar-refractivity contribution in [3.63, 3.8) is 0 Å². The second-order valence-electron chi connectivity index (χ2n) is 5.66. The van der Waals surface area contributed by atoms with Crippen molar-refractivity contribution in [2.75, 3.05) is 20.1 Å². The molecule has 7 heteroatoms. The summed E-state index contributed by atoms with van der Waals surface area (Å²) in [5, 5.41) is 14.2. The van der Waals surface area contributed by atoms with E-state index in [0.29, 0.717) is 12.5 Å². The van der Waals surface area contributed by atoms with Crippen LogP contribution in [0.3, 0.4) is 0 Å². The first-order chi connectivity index (χ1) is 9.31. The number of urea groups is 1. The molecule has 1 saturated carbocycles. The molecule has 7 nitrogen and oxygen atoms in total. The van der Waals surface area contributed by atoms with E-state index in [2.05, 4.69) is 10.6 Å². The van der Waals surface area contributed by atoms with E-state index in [-0.39, 0.29) is 18.4 Å². The number of hydrogen-bond donors (Lipinski definition) is 3. The van der Waals surface area contributed by atoms with Crippen LogP contribution in [0.15, 0.2) is 0 Å². The number of carboxylic acid groups (broad SMARTS) is 1. The monoisotopic (exact) mass is 285 g/mol. The number of amides is 3. The molecule has 0 aromatic rings. The number of hydrogen-bond acceptors (Lipinski definition) is 3. The average molecular weight is 285 g/mol. The van der Waals surface area contributed by atoms with E-state index < -0.39 is 18.0 Å². The molecule has 0 radical (unpaired) electrons. The van der Waals surface area contributed by atoms with Crippen LogP contribution in [0.4, 0.5) is 4.79 Å². The Morgan fingerprint density at radius 2 is 1.90 bits per heavy atom. The molecule has 1 unspecified atom stereocenters. The number of nitrogens with zero attached hydrogens (tertiary/aromatic N) is 1. The zero-order valence-corrected chi connectivity index (χ0v) is 12.2. The number of carbonyl (C=O) groups excluding carboxylic acids is 2. The van der Waals surface area contributed by atoms with Crippen molar-refractivity contribution in [1.29, 1.82) is 0 Å². The van der Waals surface area contributed by atoms with Gasteiger partial charge in [0.1, 0.15) is 12.6 Å². The quantitative estimate of drug-likeness (QED) is 0.625. The van der Waals surface area contributed by atoms with Crippen LogP contribution in [0.1, 0.15) is 26.7 Å². The molecule has 0 spiro atoms. The molecule has 0 saturated heterocycles. The molecule has 0 aromatic carbocycles. The zero-order valence-electron chi connectivity index (χ0n) is 12.2. The Kier molecular flexibility index (Phi) is 5.79. The molecule has 1 fully saturated rings. The number of rotatable bonds is 7. The lowest BCUT2D eigenvalue weighted by Gasteiger charge is -2.21. The normalized spacial score (nSPS) is 15.6. The maximum Gasteiger partial charge on any atom is 0.326 e. The van der Waals surface area contributed by atoms with Crippen LogP contribution in [-0.2, 0) is 9.59 Å². The molecular formula is C13H23N3O4. The molecule has 3 N–H and O–H groups in total. The second kappa shape index (κ2) is 7.12. The highest BCUT2D eigenvalue weighted by Gasteiger charge is 2.37. The first kappa shape index (κ1) is 16.3. The third-order valence-corrected chi connectivity index (χ3v) is 3.07. The minimum absolute atomic E-state index is 0.0135. The lowest BCUT2D eigenvalue weighted by Crippen LogP contribution is -2.50. The van der Waals surface area contributed by atoms with Gasteiger partial charge < -0.3 is 20.6 Å². The van der Waals surface area contributed by atoms with Gasteiger partial charge in [0.25, 0.3) is 0 Å². The zero-order chi connectivity index (χ0) is 15.3. The minimum atomic E-state index is -1.03. The van der Waals surface area contributed by atoms with Gasteiger partial charge >= 0.3 is 12.0 Å². The molecule has 3 amide bonds. The summed E-state index contributed by atoms with van der Waals surface area (Å²) in [6.45, 7) is 4.41. The Bertz CT molecular complexity index is 380. The topological polar surface area (TPSA) is 98.7 Å². The molecular weight excluding hydrogens is 262 g/mol. The smallest absolute Gasteiger partial charge is 0.326 e. The van der Waals surface area contributed by atoms with Crippen LogP contribution < -0.4 is 10.6 Å². The second-order valence-corrected chi connectivity index (χ2v) is 5.66. The molecule has 114 valence electrons. The van der Waals surface area contributed by atoms with Gasteiger partial charge in [-0.2, -0.15) is 0 Å². The molecule has 1 rings (SSSR count). The van der Waals surface area contributed by atoms with Gasteiger partial charge in [-0.05, 0) is 24.7 Å². The van der Waals surface area contributed by atoms with Crippen LogP contribution in [0.25, 0.3) is 0 Å². The largest absolute Gasteiger partial charge is 0.480 e. The lowest BCUT2D eigenvalue weighted by atomic mass is 10.2. The van der Waals surface area contributed by atoms with Crippen molar-refractivity contribution < 1.29 is 19.5 Å². The summed E-state index contributed by atoms with van der Waals surface area (Å²) >= 11 is 0. The summed E-state index contributed by atoms with van der Waals surface area (Å²) in [4.78, 5) is 35.6. The molecule has 0 aliphatic heterocycles. The van der Waals surface area contributed by atoms with Crippen LogP contribution in [0.2, 0.25) is 0 Å². The molecule has 1 atom stereocenters. The van der Waals surface area contributed by atoms with Crippen molar-refractivity contribution in [3.05, 3.63) is 0 Å². The molecule has 0 heterocycles. The Balaban J connectivity index is 2.38. The minimum Gasteiger partial charge on any atom is -0.480 e. The number of likely N-dealkylation sites (N-methyl/N-ethyl adjacent to an activating group) is 1. The van der Waals surface area contributed by atoms with Crippen molar-refractivity contribution >= 4 is 17.9 Å². The van der Waals surface area contributed by atoms with E-state index in [9.17, 15) is 14.4 Å². The number of aliphatic carboxylic acids is 1. The standard InChI is InChI=1S/C13H23N3O4/c1-8(2)6-14-10(17)7-16(3)13(20)15-11(12(18)19)9-4-5-9/h8-9,11H,4-7H2,1-3H3,(H,14,17)(H,15,20)(H,18,19). The van der Waals surface area contributed by atoms with Crippen molar-refractivity contribution in [3.8, 4) is 0 Å². The van der Waals surface area contributed by atoms with Crippen molar-refractivity contribution in [2.24, 2.45) is 11.8 Å². The van der Waals surface area contributed by atoms with Gasteiger partial charge in [-0.25, -0.2) is 9.59 Å². The van der Waals surface area contributed by atoms with E-state index in [0.717, 1.165) is 12.8 Å². The van der Waals surface area contributed by atoms with Crippen LogP contribution in [0, 0.1) is 11.8 Å². The maximum atomic E-state index is 11.8. The van der Waals surface area contributed by atoms with Gasteiger partial charge in [0.2, 0.25) is 5.91 Å². The molecule has 0 aromatic heterocycles. The van der Waals surface area contributed by atoms with E-state index in [1.165, 1.54) is 11.9 Å². The molecule has 0 bridgehead atoms. The Morgan fingerprint density at radius 1 is 1.30 bits per heavy atom. The van der Waals surface area contributed by atoms with E-state index in [1.54, 1.807) is 0 Å². The fraction of sp³-hybridized carbons (Fsp3) is 0.769. The molecule has 1 aliphatic carbocycles. The third kappa shape index (κ3) is 5.46. The van der Waals surface area contributed by atoms with E-state index >= 15 is 0 Å². The van der Waals surface area contributed by atoms with E-state index in [1.807, 2.05) is 13.8 Å². The SMILES string of the molecule is CC(C)CNC(=O)CN(C)C(=O)NC(C(=O)O)C1CC1. The van der Waals surface area contributed by atoms with Gasteiger partial charge in [-0.1, -0.05) is 13.8 Å². The average Bonchev–Trinajstić information content (AvgIpc) is 3.16. The highest BCUT2D eigenvalue weighted by Crippen LogP contribution is 2.32. The fourth-order valence-corrected chi connectivity index (χ4v) is 1.72.